The molecule has 0 bridgehead atoms. The highest BCUT2D eigenvalue weighted by molar-refractivity contribution is 6.22. The summed E-state index contributed by atoms with van der Waals surface area (Å²) in [6.45, 7) is 4.51. The number of rotatable bonds is 4. The summed E-state index contributed by atoms with van der Waals surface area (Å²) in [6.07, 6.45) is 1.19. The molecule has 1 fully saturated rings. The van der Waals surface area contributed by atoms with Crippen LogP contribution in [0.15, 0.2) is 42.5 Å². The van der Waals surface area contributed by atoms with Gasteiger partial charge in [0.05, 0.1) is 11.1 Å². The summed E-state index contributed by atoms with van der Waals surface area (Å²) < 4.78 is 0. The molecule has 32 heavy (non-hydrogen) atoms. The summed E-state index contributed by atoms with van der Waals surface area (Å²) >= 11 is 0. The summed E-state index contributed by atoms with van der Waals surface area (Å²) in [5.74, 6) is -1.14. The largest absolute Gasteiger partial charge is 0.508 e. The molecule has 8 nitrogen and oxygen atoms in total. The van der Waals surface area contributed by atoms with Crippen molar-refractivity contribution in [3.63, 3.8) is 0 Å². The number of fused-ring (bicyclic) bond motifs is 1. The highest BCUT2D eigenvalue weighted by Gasteiger charge is 2.37. The minimum Gasteiger partial charge on any atom is -0.508 e. The molecule has 2 aliphatic rings. The standard InChI is InChI=1S/C24H25N3O5/c1-14(2)27-23(31)19-7-6-15(13-20(19)24(27)32)21(29)25-17-8-10-26(11-9-17)22(30)16-4-3-5-18(28)12-16/h3-7,12-14,17,28H,8-11H2,1-2H3,(H,25,29). The number of nitrogens with one attached hydrogen (secondary N) is 1. The van der Waals surface area contributed by atoms with Gasteiger partial charge < -0.3 is 15.3 Å². The van der Waals surface area contributed by atoms with E-state index in [1.165, 1.54) is 29.2 Å². The number of nitrogens with zero attached hydrogens (tertiary/aromatic N) is 2. The molecule has 166 valence electrons. The number of benzene rings is 2. The summed E-state index contributed by atoms with van der Waals surface area (Å²) in [4.78, 5) is 53.3. The van der Waals surface area contributed by atoms with Crippen molar-refractivity contribution in [2.24, 2.45) is 0 Å². The molecule has 0 unspecified atom stereocenters. The van der Waals surface area contributed by atoms with Crippen LogP contribution in [0.5, 0.6) is 5.75 Å². The van der Waals surface area contributed by atoms with E-state index in [-0.39, 0.29) is 47.0 Å². The molecule has 2 heterocycles. The number of hydrogen-bond donors (Lipinski definition) is 2. The first kappa shape index (κ1) is 21.5. The number of likely N-dealkylation sites (tertiary alicyclic amines) is 1. The third-order valence-corrected chi connectivity index (χ3v) is 5.91. The summed E-state index contributed by atoms with van der Waals surface area (Å²) in [6, 6.07) is 10.5. The molecular formula is C24H25N3O5. The predicted octanol–water partition coefficient (Wildman–Crippen LogP) is 2.43. The first-order valence-corrected chi connectivity index (χ1v) is 10.7. The lowest BCUT2D eigenvalue weighted by Gasteiger charge is -2.32. The van der Waals surface area contributed by atoms with Crippen molar-refractivity contribution in [1.82, 2.24) is 15.1 Å². The van der Waals surface area contributed by atoms with Crippen molar-refractivity contribution in [3.05, 3.63) is 64.7 Å². The Hall–Kier alpha value is -3.68. The predicted molar refractivity (Wildman–Crippen MR) is 117 cm³/mol. The van der Waals surface area contributed by atoms with Gasteiger partial charge in [0.15, 0.2) is 0 Å². The van der Waals surface area contributed by atoms with Crippen LogP contribution in [0.3, 0.4) is 0 Å². The highest BCUT2D eigenvalue weighted by Crippen LogP contribution is 2.26. The molecule has 0 spiro atoms. The quantitative estimate of drug-likeness (QED) is 0.718. The van der Waals surface area contributed by atoms with Crippen molar-refractivity contribution < 1.29 is 24.3 Å². The highest BCUT2D eigenvalue weighted by atomic mass is 16.3. The molecule has 2 aliphatic heterocycles. The van der Waals surface area contributed by atoms with Gasteiger partial charge in [-0.1, -0.05) is 6.07 Å². The Labute approximate surface area is 185 Å². The summed E-state index contributed by atoms with van der Waals surface area (Å²) in [5, 5.41) is 12.5. The van der Waals surface area contributed by atoms with Crippen LogP contribution in [0.4, 0.5) is 0 Å². The summed E-state index contributed by atoms with van der Waals surface area (Å²) in [7, 11) is 0. The Balaban J connectivity index is 1.38. The van der Waals surface area contributed by atoms with Crippen molar-refractivity contribution in [1.29, 1.82) is 0 Å². The molecular weight excluding hydrogens is 410 g/mol. The number of piperidine rings is 1. The van der Waals surface area contributed by atoms with Crippen molar-refractivity contribution in [2.45, 2.75) is 38.8 Å². The fourth-order valence-electron chi connectivity index (χ4n) is 4.19. The number of carbonyl (C=O) groups excluding carboxylic acids is 4. The molecule has 0 saturated carbocycles. The first-order chi connectivity index (χ1) is 15.3. The summed E-state index contributed by atoms with van der Waals surface area (Å²) in [5.41, 5.74) is 1.33. The van der Waals surface area contributed by atoms with Gasteiger partial charge in [0, 0.05) is 36.3 Å². The average Bonchev–Trinajstić information content (AvgIpc) is 3.03. The van der Waals surface area contributed by atoms with Gasteiger partial charge in [0.1, 0.15) is 5.75 Å². The lowest BCUT2D eigenvalue weighted by atomic mass is 10.0. The van der Waals surface area contributed by atoms with E-state index in [0.717, 1.165) is 0 Å². The van der Waals surface area contributed by atoms with E-state index in [9.17, 15) is 24.3 Å². The van der Waals surface area contributed by atoms with E-state index < -0.39 is 0 Å². The second-order valence-electron chi connectivity index (χ2n) is 8.42. The van der Waals surface area contributed by atoms with Gasteiger partial charge >= 0.3 is 0 Å². The number of amides is 4. The molecule has 0 aromatic heterocycles. The first-order valence-electron chi connectivity index (χ1n) is 10.7. The lowest BCUT2D eigenvalue weighted by Crippen LogP contribution is -2.46. The van der Waals surface area contributed by atoms with Crippen LogP contribution in [0.25, 0.3) is 0 Å². The topological polar surface area (TPSA) is 107 Å². The van der Waals surface area contributed by atoms with Crippen LogP contribution in [0, 0.1) is 0 Å². The van der Waals surface area contributed by atoms with E-state index in [2.05, 4.69) is 5.32 Å². The van der Waals surface area contributed by atoms with E-state index in [1.807, 2.05) is 0 Å². The molecule has 2 aromatic rings. The molecule has 1 saturated heterocycles. The van der Waals surface area contributed by atoms with Gasteiger partial charge in [-0.25, -0.2) is 0 Å². The number of phenols is 1. The van der Waals surface area contributed by atoms with Crippen LogP contribution in [0.1, 0.15) is 68.1 Å². The van der Waals surface area contributed by atoms with E-state index in [4.69, 9.17) is 0 Å². The van der Waals surface area contributed by atoms with Gasteiger partial charge in [-0.3, -0.25) is 24.1 Å². The van der Waals surface area contributed by atoms with Crippen LogP contribution in [-0.2, 0) is 0 Å². The SMILES string of the molecule is CC(C)N1C(=O)c2ccc(C(=O)NC3CCN(C(=O)c4cccc(O)c4)CC3)cc2C1=O. The van der Waals surface area contributed by atoms with Crippen LogP contribution in [-0.4, -0.2) is 63.7 Å². The second kappa shape index (κ2) is 8.45. The zero-order chi connectivity index (χ0) is 23.0. The van der Waals surface area contributed by atoms with E-state index >= 15 is 0 Å². The zero-order valence-electron chi connectivity index (χ0n) is 18.0. The molecule has 0 aliphatic carbocycles. The number of aromatic hydroxyl groups is 1. The van der Waals surface area contributed by atoms with Crippen molar-refractivity contribution in [2.75, 3.05) is 13.1 Å². The fraction of sp³-hybridized carbons (Fsp3) is 0.333. The van der Waals surface area contributed by atoms with E-state index in [1.54, 1.807) is 36.9 Å². The Morgan fingerprint density at radius 2 is 1.66 bits per heavy atom. The van der Waals surface area contributed by atoms with Crippen LogP contribution < -0.4 is 5.32 Å². The smallest absolute Gasteiger partial charge is 0.261 e. The monoisotopic (exact) mass is 435 g/mol. The van der Waals surface area contributed by atoms with Gasteiger partial charge in [-0.05, 0) is 63.1 Å². The molecule has 8 heteroatoms. The third-order valence-electron chi connectivity index (χ3n) is 5.91. The maximum Gasteiger partial charge on any atom is 0.261 e. The average molecular weight is 435 g/mol. The maximum absolute atomic E-state index is 12.8. The third kappa shape index (κ3) is 3.95. The Morgan fingerprint density at radius 1 is 0.969 bits per heavy atom. The molecule has 4 amide bonds. The van der Waals surface area contributed by atoms with Crippen molar-refractivity contribution in [3.8, 4) is 5.75 Å². The molecule has 4 rings (SSSR count). The Bertz CT molecular complexity index is 1100. The number of carbonyl (C=O) groups is 4. The fourth-order valence-corrected chi connectivity index (χ4v) is 4.19. The van der Waals surface area contributed by atoms with Crippen LogP contribution >= 0.6 is 0 Å². The Kier molecular flexibility index (Phi) is 5.69. The molecule has 0 radical (unpaired) electrons. The number of phenolic OH excluding ortho intramolecular Hbond substituents is 1. The van der Waals surface area contributed by atoms with Gasteiger partial charge in [0.2, 0.25) is 0 Å². The molecule has 0 atom stereocenters. The Morgan fingerprint density at radius 3 is 2.31 bits per heavy atom. The zero-order valence-corrected chi connectivity index (χ0v) is 18.0. The lowest BCUT2D eigenvalue weighted by molar-refractivity contribution is 0.0607. The number of imide groups is 1. The van der Waals surface area contributed by atoms with E-state index in [0.29, 0.717) is 42.6 Å². The normalized spacial score (nSPS) is 16.5. The second-order valence-corrected chi connectivity index (χ2v) is 8.42. The van der Waals surface area contributed by atoms with Crippen molar-refractivity contribution >= 4 is 23.6 Å². The van der Waals surface area contributed by atoms with Gasteiger partial charge in [0.25, 0.3) is 23.6 Å². The molecule has 2 N–H and O–H groups in total. The minimum atomic E-state index is -0.381. The van der Waals surface area contributed by atoms with Gasteiger partial charge in [-0.2, -0.15) is 0 Å². The van der Waals surface area contributed by atoms with Crippen LogP contribution in [0.2, 0.25) is 0 Å². The molecule has 2 aromatic carbocycles. The van der Waals surface area contributed by atoms with Gasteiger partial charge in [-0.15, -0.1) is 0 Å². The minimum absolute atomic E-state index is 0.0454. The maximum atomic E-state index is 12.8. The number of hydrogen-bond acceptors (Lipinski definition) is 5.